The lowest BCUT2D eigenvalue weighted by molar-refractivity contribution is -0.381. The minimum atomic E-state index is -1.02. The number of hydrogen-bond donors (Lipinski definition) is 3. The zero-order valence-corrected chi connectivity index (χ0v) is 41.5. The van der Waals surface area contributed by atoms with Crippen molar-refractivity contribution in [2.45, 2.75) is 117 Å². The Balaban J connectivity index is 1.64. The number of hydrogen-bond acceptors (Lipinski definition) is 22. The van der Waals surface area contributed by atoms with E-state index in [1.165, 1.54) is 7.11 Å². The second-order valence-electron chi connectivity index (χ2n) is 15.7. The van der Waals surface area contributed by atoms with Crippen LogP contribution >= 0.6 is 24.4 Å². The van der Waals surface area contributed by atoms with E-state index in [1.54, 1.807) is 90.0 Å². The molecule has 3 aliphatic heterocycles. The molecule has 3 saturated heterocycles. The molecule has 3 fully saturated rings. The van der Waals surface area contributed by atoms with Crippen LogP contribution in [0.25, 0.3) is 0 Å². The molecule has 0 amide bonds. The van der Waals surface area contributed by atoms with E-state index in [4.69, 9.17) is 85.3 Å². The monoisotopic (exact) mass is 963 g/mol. The first-order chi connectivity index (χ1) is 31.1. The van der Waals surface area contributed by atoms with Crippen molar-refractivity contribution >= 4 is 24.4 Å². The summed E-state index contributed by atoms with van der Waals surface area (Å²) in [4.78, 5) is 0.957. The molecule has 0 spiro atoms. The van der Waals surface area contributed by atoms with E-state index in [1.807, 2.05) is 6.92 Å². The van der Waals surface area contributed by atoms with E-state index in [0.29, 0.717) is 24.7 Å². The van der Waals surface area contributed by atoms with Crippen LogP contribution in [0.2, 0.25) is 0 Å². The van der Waals surface area contributed by atoms with Gasteiger partial charge in [0, 0.05) is 108 Å². The summed E-state index contributed by atoms with van der Waals surface area (Å²) in [5.41, 5.74) is 0.910. The summed E-state index contributed by atoms with van der Waals surface area (Å²) in [5, 5.41) is 14.5. The minimum absolute atomic E-state index is 0.0906. The summed E-state index contributed by atoms with van der Waals surface area (Å²) in [6, 6.07) is -0.910. The van der Waals surface area contributed by atoms with Gasteiger partial charge in [-0.3, -0.25) is 5.32 Å². The predicted octanol–water partition coefficient (Wildman–Crippen LogP) is 0.540. The summed E-state index contributed by atoms with van der Waals surface area (Å²) in [6.45, 7) is 3.34. The molecule has 2 N–H and O–H groups in total. The highest BCUT2D eigenvalue weighted by Crippen LogP contribution is 2.42. The van der Waals surface area contributed by atoms with Gasteiger partial charge in [-0.2, -0.15) is 12.6 Å². The van der Waals surface area contributed by atoms with E-state index in [2.05, 4.69) is 17.9 Å². The minimum Gasteiger partial charge on any atom is -0.396 e. The Bertz CT molecular complexity index is 1330. The van der Waals surface area contributed by atoms with Gasteiger partial charge in [0.25, 0.3) is 0 Å². The lowest BCUT2D eigenvalue weighted by Crippen LogP contribution is -2.69. The van der Waals surface area contributed by atoms with E-state index < -0.39 is 110 Å². The maximum atomic E-state index is 10.7. The Morgan fingerprint density at radius 2 is 1.06 bits per heavy atom. The zero-order chi connectivity index (χ0) is 46.9. The molecular weight excluding hydrogens is 887 g/mol. The van der Waals surface area contributed by atoms with Crippen LogP contribution in [0.4, 0.5) is 0 Å². The van der Waals surface area contributed by atoms with Crippen molar-refractivity contribution in [1.29, 1.82) is 0 Å². The SMILES string of the molecule is COCC1=C(SCCOCCS)[C@@H](N[C@H]2C(C)O[C@@H](O[C@H]3C(COC)O[C@@H](O[C@H]4C(COC)OC(OC)C(OC)[C@@H]4OC)C(OC)[C@@H]3OC)C(OC)[C@@H]2OC)C(OC)[C@H](OC)[C@H]1CO. The van der Waals surface area contributed by atoms with E-state index in [9.17, 15) is 5.11 Å². The number of ether oxygens (including phenoxy) is 18. The van der Waals surface area contributed by atoms with E-state index >= 15 is 0 Å². The van der Waals surface area contributed by atoms with E-state index in [-0.39, 0.29) is 32.3 Å². The Kier molecular flexibility index (Phi) is 25.5. The molecule has 0 saturated carbocycles. The lowest BCUT2D eigenvalue weighted by atomic mass is 9.80. The molecule has 20 nitrogen and oxygen atoms in total. The van der Waals surface area contributed by atoms with Crippen LogP contribution in [-0.4, -0.2) is 252 Å². The average Bonchev–Trinajstić information content (AvgIpc) is 3.30. The largest absolute Gasteiger partial charge is 0.396 e. The van der Waals surface area contributed by atoms with Gasteiger partial charge in [-0.05, 0) is 12.5 Å². The molecule has 1 aliphatic carbocycles. The van der Waals surface area contributed by atoms with Gasteiger partial charge in [0.15, 0.2) is 18.9 Å². The van der Waals surface area contributed by atoms with Crippen LogP contribution < -0.4 is 5.32 Å². The van der Waals surface area contributed by atoms with Gasteiger partial charge in [0.2, 0.25) is 0 Å². The molecular formula is C42H77NO19S2. The number of aliphatic hydroxyl groups is 1. The number of thioether (sulfide) groups is 1. The van der Waals surface area contributed by atoms with Crippen molar-refractivity contribution in [3.63, 3.8) is 0 Å². The number of aliphatic hydroxyl groups excluding tert-OH is 1. The van der Waals surface area contributed by atoms with Gasteiger partial charge in [0.1, 0.15) is 67.1 Å². The quantitative estimate of drug-likeness (QED) is 0.0725. The van der Waals surface area contributed by atoms with Gasteiger partial charge in [-0.25, -0.2) is 0 Å². The van der Waals surface area contributed by atoms with Crippen molar-refractivity contribution in [3.05, 3.63) is 10.5 Å². The van der Waals surface area contributed by atoms with E-state index in [0.717, 1.165) is 10.5 Å². The zero-order valence-electron chi connectivity index (χ0n) is 39.8. The molecule has 22 heteroatoms. The summed E-state index contributed by atoms with van der Waals surface area (Å²) < 4.78 is 110. The molecule has 0 bridgehead atoms. The average molecular weight is 964 g/mol. The first-order valence-electron chi connectivity index (χ1n) is 21.5. The third-order valence-electron chi connectivity index (χ3n) is 12.3. The van der Waals surface area contributed by atoms with Gasteiger partial charge >= 0.3 is 0 Å². The van der Waals surface area contributed by atoms with Crippen LogP contribution in [0, 0.1) is 5.92 Å². The van der Waals surface area contributed by atoms with Crippen LogP contribution in [0.1, 0.15) is 6.92 Å². The Morgan fingerprint density at radius 1 is 0.562 bits per heavy atom. The molecule has 0 aromatic carbocycles. The highest BCUT2D eigenvalue weighted by Gasteiger charge is 2.56. The Hall–Kier alpha value is -0.360. The third kappa shape index (κ3) is 13.1. The van der Waals surface area contributed by atoms with Crippen molar-refractivity contribution in [3.8, 4) is 0 Å². The highest BCUT2D eigenvalue weighted by atomic mass is 32.2. The molecule has 0 aromatic heterocycles. The topological polar surface area (TPSA) is 198 Å². The van der Waals surface area contributed by atoms with Gasteiger partial charge in [-0.1, -0.05) is 0 Å². The Morgan fingerprint density at radius 3 is 1.53 bits per heavy atom. The molecule has 4 rings (SSSR count). The molecule has 376 valence electrons. The summed E-state index contributed by atoms with van der Waals surface area (Å²) in [5.74, 6) is 0.879. The highest BCUT2D eigenvalue weighted by molar-refractivity contribution is 8.03. The number of nitrogens with one attached hydrogen (secondary N) is 1. The summed E-state index contributed by atoms with van der Waals surface area (Å²) >= 11 is 5.89. The maximum absolute atomic E-state index is 10.7. The van der Waals surface area contributed by atoms with Crippen LogP contribution in [0.15, 0.2) is 10.5 Å². The van der Waals surface area contributed by atoms with Gasteiger partial charge < -0.3 is 90.4 Å². The Labute approximate surface area is 389 Å². The first-order valence-corrected chi connectivity index (χ1v) is 23.1. The standard InChI is InChI=1S/C42H77NO19S2/c1-22-27(43-28-33(50-7)29(48-5)23(18-44)24(19-45-2)39(28)64-17-15-57-14-16-63)32(49-6)36(53-10)41(58-22)61-31-26(21-47-4)60-42(38(55-12)35(31)52-9)62-30-25(20-46-3)59-40(56-13)37(54-11)34(30)51-8/h22-23,25-38,40-44,63H,14-21H2,1-13H3/t22?,23-,25?,26?,27-,28-,29+,30-,31-,32+,33?,34+,35+,36?,37?,38?,40?,41-,42-/m0/s1. The number of rotatable bonds is 28. The van der Waals surface area contributed by atoms with Crippen molar-refractivity contribution in [1.82, 2.24) is 5.32 Å². The molecule has 0 radical (unpaired) electrons. The fourth-order valence-electron chi connectivity index (χ4n) is 9.39. The summed E-state index contributed by atoms with van der Waals surface area (Å²) in [7, 11) is 19.0. The van der Waals surface area contributed by atoms with Crippen molar-refractivity contribution < 1.29 is 90.4 Å². The molecule has 0 aromatic rings. The number of thiol groups is 1. The molecule has 8 unspecified atom stereocenters. The normalized spacial score (nSPS) is 39.7. The van der Waals surface area contributed by atoms with Crippen molar-refractivity contribution in [2.75, 3.05) is 136 Å². The van der Waals surface area contributed by atoms with Crippen LogP contribution in [0.3, 0.4) is 0 Å². The fraction of sp³-hybridized carbons (Fsp3) is 0.952. The number of methoxy groups -OCH3 is 12. The van der Waals surface area contributed by atoms with Gasteiger partial charge in [-0.15, -0.1) is 11.8 Å². The van der Waals surface area contributed by atoms with Gasteiger partial charge in [0.05, 0.1) is 63.9 Å². The van der Waals surface area contributed by atoms with Crippen LogP contribution in [0.5, 0.6) is 0 Å². The fourth-order valence-corrected chi connectivity index (χ4v) is 10.7. The summed E-state index contributed by atoms with van der Waals surface area (Å²) in [6.07, 6.45) is -11.6. The smallest absolute Gasteiger partial charge is 0.187 e. The molecule has 19 atom stereocenters. The van der Waals surface area contributed by atoms with Crippen molar-refractivity contribution in [2.24, 2.45) is 5.92 Å². The first kappa shape index (κ1) is 56.2. The predicted molar refractivity (Wildman–Crippen MR) is 236 cm³/mol. The lowest BCUT2D eigenvalue weighted by Gasteiger charge is -2.52. The molecule has 4 aliphatic rings. The third-order valence-corrected chi connectivity index (χ3v) is 13.7. The maximum Gasteiger partial charge on any atom is 0.187 e. The second kappa shape index (κ2) is 29.0. The molecule has 64 heavy (non-hydrogen) atoms. The molecule has 3 heterocycles. The van der Waals surface area contributed by atoms with Crippen LogP contribution in [-0.2, 0) is 85.3 Å². The second-order valence-corrected chi connectivity index (χ2v) is 17.3.